The van der Waals surface area contributed by atoms with Gasteiger partial charge in [0.15, 0.2) is 0 Å². The van der Waals surface area contributed by atoms with E-state index in [1.165, 1.54) is 0 Å². The smallest absolute Gasteiger partial charge is 0.303 e. The highest BCUT2D eigenvalue weighted by Gasteiger charge is 2.26. The maximum Gasteiger partial charge on any atom is 0.303 e. The molecule has 0 fully saturated rings. The number of carboxylic acids is 1. The van der Waals surface area contributed by atoms with Crippen LogP contribution in [0.25, 0.3) is 6.08 Å². The van der Waals surface area contributed by atoms with E-state index in [-0.39, 0.29) is 6.42 Å². The molecule has 0 atom stereocenters. The summed E-state index contributed by atoms with van der Waals surface area (Å²) in [6.07, 6.45) is 2.08. The second-order valence-corrected chi connectivity index (χ2v) is 6.11. The first kappa shape index (κ1) is 11.9. The topological polar surface area (TPSA) is 71.4 Å². The molecule has 0 unspecified atom stereocenters. The number of aryl methyl sites for hydroxylation is 1. The molecule has 17 heavy (non-hydrogen) atoms. The zero-order valence-electron chi connectivity index (χ0n) is 9.30. The number of rotatable bonds is 3. The van der Waals surface area contributed by atoms with Gasteiger partial charge < -0.3 is 5.11 Å². The molecular formula is C12H12O4S. The van der Waals surface area contributed by atoms with Gasteiger partial charge in [0.2, 0.25) is 9.84 Å². The summed E-state index contributed by atoms with van der Waals surface area (Å²) in [5, 5.41) is 8.59. The molecule has 90 valence electrons. The van der Waals surface area contributed by atoms with Crippen molar-refractivity contribution in [2.45, 2.75) is 24.7 Å². The number of aliphatic carboxylic acids is 1. The second-order valence-electron chi connectivity index (χ2n) is 4.02. The predicted octanol–water partition coefficient (Wildman–Crippen LogP) is 1.85. The molecule has 0 spiro atoms. The van der Waals surface area contributed by atoms with Crippen LogP contribution >= 0.6 is 0 Å². The number of sulfone groups is 1. The highest BCUT2D eigenvalue weighted by Crippen LogP contribution is 2.32. The van der Waals surface area contributed by atoms with Gasteiger partial charge in [-0.05, 0) is 36.6 Å². The Morgan fingerprint density at radius 3 is 2.71 bits per heavy atom. The molecule has 1 aliphatic heterocycles. The summed E-state index contributed by atoms with van der Waals surface area (Å²) in [6, 6.07) is 4.97. The Morgan fingerprint density at radius 2 is 2.06 bits per heavy atom. The van der Waals surface area contributed by atoms with Crippen LogP contribution in [0.1, 0.15) is 24.5 Å². The van der Waals surface area contributed by atoms with Crippen LogP contribution in [-0.2, 0) is 21.1 Å². The van der Waals surface area contributed by atoms with Crippen molar-refractivity contribution in [2.24, 2.45) is 0 Å². The first-order valence-electron chi connectivity index (χ1n) is 5.19. The van der Waals surface area contributed by atoms with Gasteiger partial charge in [-0.15, -0.1) is 0 Å². The minimum absolute atomic E-state index is 0.0498. The third-order valence-electron chi connectivity index (χ3n) is 2.77. The molecule has 0 bridgehead atoms. The maximum absolute atomic E-state index is 11.8. The Balaban J connectivity index is 2.35. The molecule has 4 nitrogen and oxygen atoms in total. The normalized spacial score (nSPS) is 16.4. The number of allylic oxidation sites excluding steroid dienone is 1. The van der Waals surface area contributed by atoms with Gasteiger partial charge in [-0.25, -0.2) is 8.42 Å². The fraction of sp³-hybridized carbons (Fsp3) is 0.250. The lowest BCUT2D eigenvalue weighted by Crippen LogP contribution is -2.00. The molecule has 1 heterocycles. The molecule has 0 aromatic heterocycles. The number of fused-ring (bicyclic) bond motifs is 1. The lowest BCUT2D eigenvalue weighted by atomic mass is 10.1. The summed E-state index contributed by atoms with van der Waals surface area (Å²) < 4.78 is 23.6. The molecule has 2 rings (SSSR count). The number of hydrogen-bond acceptors (Lipinski definition) is 3. The quantitative estimate of drug-likeness (QED) is 0.891. The molecular weight excluding hydrogens is 240 g/mol. The van der Waals surface area contributed by atoms with Crippen LogP contribution in [0.4, 0.5) is 0 Å². The van der Waals surface area contributed by atoms with E-state index in [2.05, 4.69) is 0 Å². The highest BCUT2D eigenvalue weighted by molar-refractivity contribution is 7.95. The summed E-state index contributed by atoms with van der Waals surface area (Å²) in [5.41, 5.74) is 1.50. The first-order chi connectivity index (χ1) is 7.91. The summed E-state index contributed by atoms with van der Waals surface area (Å²) in [7, 11) is -3.29. The van der Waals surface area contributed by atoms with Crippen LogP contribution in [0.3, 0.4) is 0 Å². The molecule has 0 saturated carbocycles. The third-order valence-corrected chi connectivity index (χ3v) is 4.69. The zero-order valence-corrected chi connectivity index (χ0v) is 10.1. The number of carboxylic acid groups (broad SMARTS) is 1. The molecule has 1 N–H and O–H groups in total. The second kappa shape index (κ2) is 4.00. The van der Waals surface area contributed by atoms with Crippen molar-refractivity contribution in [3.8, 4) is 0 Å². The van der Waals surface area contributed by atoms with Gasteiger partial charge in [0.1, 0.15) is 0 Å². The first-order valence-corrected chi connectivity index (χ1v) is 6.67. The number of benzene rings is 1. The van der Waals surface area contributed by atoms with Crippen molar-refractivity contribution >= 4 is 21.9 Å². The Kier molecular flexibility index (Phi) is 2.79. The highest BCUT2D eigenvalue weighted by atomic mass is 32.2. The predicted molar refractivity (Wildman–Crippen MR) is 63.2 cm³/mol. The van der Waals surface area contributed by atoms with E-state index in [4.69, 9.17) is 5.11 Å². The summed E-state index contributed by atoms with van der Waals surface area (Å²) >= 11 is 0. The van der Waals surface area contributed by atoms with E-state index in [0.29, 0.717) is 21.8 Å². The summed E-state index contributed by atoms with van der Waals surface area (Å²) in [5.74, 6) is -0.857. The van der Waals surface area contributed by atoms with Crippen molar-refractivity contribution in [1.82, 2.24) is 0 Å². The van der Waals surface area contributed by atoms with E-state index in [1.54, 1.807) is 31.2 Å². The van der Waals surface area contributed by atoms with Gasteiger partial charge >= 0.3 is 5.97 Å². The maximum atomic E-state index is 11.8. The third kappa shape index (κ3) is 2.10. The molecule has 0 amide bonds. The Hall–Kier alpha value is -1.62. The number of carbonyl (C=O) groups is 1. The van der Waals surface area contributed by atoms with Crippen molar-refractivity contribution in [2.75, 3.05) is 0 Å². The minimum Gasteiger partial charge on any atom is -0.481 e. The Morgan fingerprint density at radius 1 is 1.35 bits per heavy atom. The zero-order chi connectivity index (χ0) is 12.6. The summed E-state index contributed by atoms with van der Waals surface area (Å²) in [6.45, 7) is 1.56. The average molecular weight is 252 g/mol. The summed E-state index contributed by atoms with van der Waals surface area (Å²) in [4.78, 5) is 11.1. The van der Waals surface area contributed by atoms with Gasteiger partial charge in [0.05, 0.1) is 4.90 Å². The molecule has 1 aromatic rings. The van der Waals surface area contributed by atoms with Crippen molar-refractivity contribution < 1.29 is 18.3 Å². The molecule has 0 aliphatic carbocycles. The van der Waals surface area contributed by atoms with Crippen LogP contribution in [-0.4, -0.2) is 19.5 Å². The van der Waals surface area contributed by atoms with Crippen molar-refractivity contribution in [1.29, 1.82) is 0 Å². The van der Waals surface area contributed by atoms with Gasteiger partial charge in [0, 0.05) is 11.3 Å². The SMILES string of the molecule is CC1=Cc2cc(CCC(=O)O)ccc2S1(=O)=O. The molecule has 1 aromatic carbocycles. The number of hydrogen-bond donors (Lipinski definition) is 1. The monoisotopic (exact) mass is 252 g/mol. The van der Waals surface area contributed by atoms with Crippen LogP contribution in [0.5, 0.6) is 0 Å². The lowest BCUT2D eigenvalue weighted by molar-refractivity contribution is -0.136. The van der Waals surface area contributed by atoms with Gasteiger partial charge in [-0.2, -0.15) is 0 Å². The molecule has 5 heteroatoms. The van der Waals surface area contributed by atoms with Gasteiger partial charge in [0.25, 0.3) is 0 Å². The van der Waals surface area contributed by atoms with Crippen LogP contribution in [0.2, 0.25) is 0 Å². The molecule has 0 saturated heterocycles. The fourth-order valence-corrected chi connectivity index (χ4v) is 3.14. The van der Waals surface area contributed by atoms with Crippen LogP contribution in [0.15, 0.2) is 28.0 Å². The largest absolute Gasteiger partial charge is 0.481 e. The van der Waals surface area contributed by atoms with E-state index >= 15 is 0 Å². The van der Waals surface area contributed by atoms with Gasteiger partial charge in [-0.1, -0.05) is 12.1 Å². The standard InChI is InChI=1S/C12H12O4S/c1-8-6-10-7-9(3-5-12(13)14)2-4-11(10)17(8,15)16/h2,4,6-7H,3,5H2,1H3,(H,13,14). The minimum atomic E-state index is -3.29. The average Bonchev–Trinajstić information content (AvgIpc) is 2.47. The van der Waals surface area contributed by atoms with Crippen LogP contribution in [0, 0.1) is 0 Å². The Labute approximate surface area is 99.5 Å². The van der Waals surface area contributed by atoms with Gasteiger partial charge in [-0.3, -0.25) is 4.79 Å². The fourth-order valence-electron chi connectivity index (χ4n) is 1.83. The molecule has 0 radical (unpaired) electrons. The van der Waals surface area contributed by atoms with Crippen molar-refractivity contribution in [3.63, 3.8) is 0 Å². The van der Waals surface area contributed by atoms with E-state index in [1.807, 2.05) is 0 Å². The lowest BCUT2D eigenvalue weighted by Gasteiger charge is -2.03. The Bertz CT molecular complexity index is 611. The van der Waals surface area contributed by atoms with Crippen molar-refractivity contribution in [3.05, 3.63) is 34.2 Å². The van der Waals surface area contributed by atoms with E-state index in [0.717, 1.165) is 5.56 Å². The van der Waals surface area contributed by atoms with E-state index in [9.17, 15) is 13.2 Å². The molecule has 1 aliphatic rings. The van der Waals surface area contributed by atoms with E-state index < -0.39 is 15.8 Å². The van der Waals surface area contributed by atoms with Crippen LogP contribution < -0.4 is 0 Å².